The molecule has 1 aliphatic heterocycles. The molecular formula is C26H32N2O5S. The number of ether oxygens (including phenoxy) is 1. The van der Waals surface area contributed by atoms with Gasteiger partial charge in [-0.05, 0) is 57.4 Å². The Morgan fingerprint density at radius 3 is 2.41 bits per heavy atom. The van der Waals surface area contributed by atoms with Crippen molar-refractivity contribution in [2.24, 2.45) is 0 Å². The normalized spacial score (nSPS) is 19.5. The van der Waals surface area contributed by atoms with E-state index in [0.717, 1.165) is 16.0 Å². The number of rotatable bonds is 9. The average Bonchev–Trinajstić information content (AvgIpc) is 2.79. The third kappa shape index (κ3) is 6.91. The molecule has 4 atom stereocenters. The van der Waals surface area contributed by atoms with Gasteiger partial charge in [0.2, 0.25) is 0 Å². The lowest BCUT2D eigenvalue weighted by atomic mass is 9.86. The summed E-state index contributed by atoms with van der Waals surface area (Å²) in [6, 6.07) is 13.9. The van der Waals surface area contributed by atoms with E-state index in [9.17, 15) is 19.5 Å². The molecular weight excluding hydrogens is 452 g/mol. The van der Waals surface area contributed by atoms with E-state index in [0.29, 0.717) is 6.42 Å². The van der Waals surface area contributed by atoms with Crippen LogP contribution in [-0.4, -0.2) is 52.3 Å². The minimum atomic E-state index is -1.02. The first-order valence-corrected chi connectivity index (χ1v) is 12.3. The van der Waals surface area contributed by atoms with E-state index in [4.69, 9.17) is 4.74 Å². The van der Waals surface area contributed by atoms with Crippen molar-refractivity contribution in [3.63, 3.8) is 0 Å². The van der Waals surface area contributed by atoms with Crippen molar-refractivity contribution in [3.8, 4) is 0 Å². The second kappa shape index (κ2) is 11.2. The molecule has 0 radical (unpaired) electrons. The molecule has 0 amide bonds. The molecule has 2 aromatic carbocycles. The van der Waals surface area contributed by atoms with E-state index in [-0.39, 0.29) is 11.5 Å². The SMILES string of the molecule is C[C@H](NC(CSc1ccccc1)C(=O)O)C(=O)C1NC(C(=O)OC(C)(C)C)Cc2ccccc21. The first-order valence-electron chi connectivity index (χ1n) is 11.3. The molecule has 0 fully saturated rings. The first kappa shape index (κ1) is 25.9. The maximum atomic E-state index is 13.5. The topological polar surface area (TPSA) is 105 Å². The van der Waals surface area contributed by atoms with Crippen LogP contribution >= 0.6 is 11.8 Å². The molecule has 0 spiro atoms. The number of carboxylic acid groups (broad SMARTS) is 1. The summed E-state index contributed by atoms with van der Waals surface area (Å²) in [4.78, 5) is 39.0. The van der Waals surface area contributed by atoms with Crippen molar-refractivity contribution in [2.75, 3.05) is 5.75 Å². The zero-order chi connectivity index (χ0) is 24.9. The van der Waals surface area contributed by atoms with Gasteiger partial charge in [0.1, 0.15) is 17.7 Å². The molecule has 2 aromatic rings. The Morgan fingerprint density at radius 2 is 1.76 bits per heavy atom. The maximum absolute atomic E-state index is 13.5. The van der Waals surface area contributed by atoms with Gasteiger partial charge >= 0.3 is 11.9 Å². The van der Waals surface area contributed by atoms with Gasteiger partial charge in [0.15, 0.2) is 5.78 Å². The molecule has 1 heterocycles. The van der Waals surface area contributed by atoms with Crippen molar-refractivity contribution in [3.05, 3.63) is 65.7 Å². The van der Waals surface area contributed by atoms with E-state index in [1.807, 2.05) is 54.6 Å². The standard InChI is InChI=1S/C26H32N2O5S/c1-16(27-21(24(30)31)15-34-18-11-6-5-7-12-18)23(29)22-19-13-9-8-10-17(19)14-20(28-22)25(32)33-26(2,3)4/h5-13,16,20-22,27-28H,14-15H2,1-4H3,(H,30,31)/t16-,20?,21?,22?/m0/s1. The monoisotopic (exact) mass is 484 g/mol. The smallest absolute Gasteiger partial charge is 0.324 e. The second-order valence-corrected chi connectivity index (χ2v) is 10.5. The van der Waals surface area contributed by atoms with Crippen LogP contribution in [0.1, 0.15) is 44.9 Å². The van der Waals surface area contributed by atoms with E-state index in [1.165, 1.54) is 11.8 Å². The summed E-state index contributed by atoms with van der Waals surface area (Å²) in [5, 5.41) is 15.8. The molecule has 182 valence electrons. The maximum Gasteiger partial charge on any atom is 0.324 e. The van der Waals surface area contributed by atoms with Gasteiger partial charge in [-0.2, -0.15) is 0 Å². The number of fused-ring (bicyclic) bond motifs is 1. The van der Waals surface area contributed by atoms with Gasteiger partial charge in [-0.3, -0.25) is 25.0 Å². The number of carbonyl (C=O) groups is 3. The van der Waals surface area contributed by atoms with Gasteiger partial charge in [0.05, 0.1) is 12.1 Å². The van der Waals surface area contributed by atoms with Crippen molar-refractivity contribution in [1.82, 2.24) is 10.6 Å². The molecule has 3 rings (SSSR count). The molecule has 3 unspecified atom stereocenters. The van der Waals surface area contributed by atoms with Gasteiger partial charge in [-0.1, -0.05) is 42.5 Å². The highest BCUT2D eigenvalue weighted by molar-refractivity contribution is 7.99. The number of hydrogen-bond donors (Lipinski definition) is 3. The molecule has 3 N–H and O–H groups in total. The molecule has 1 aliphatic rings. The Balaban J connectivity index is 1.73. The summed E-state index contributed by atoms with van der Waals surface area (Å²) in [7, 11) is 0. The molecule has 0 aliphatic carbocycles. The van der Waals surface area contributed by atoms with Crippen molar-refractivity contribution in [2.45, 2.75) is 68.8 Å². The molecule has 0 bridgehead atoms. The molecule has 0 saturated heterocycles. The van der Waals surface area contributed by atoms with Crippen molar-refractivity contribution < 1.29 is 24.2 Å². The fourth-order valence-corrected chi connectivity index (χ4v) is 4.80. The number of benzene rings is 2. The van der Waals surface area contributed by atoms with Gasteiger partial charge in [0, 0.05) is 10.6 Å². The highest BCUT2D eigenvalue weighted by Gasteiger charge is 2.38. The van der Waals surface area contributed by atoms with Crippen LogP contribution in [0.2, 0.25) is 0 Å². The lowest BCUT2D eigenvalue weighted by Crippen LogP contribution is -2.54. The molecule has 0 saturated carbocycles. The Hall–Kier alpha value is -2.68. The van der Waals surface area contributed by atoms with Crippen LogP contribution < -0.4 is 10.6 Å². The number of esters is 1. The van der Waals surface area contributed by atoms with Crippen molar-refractivity contribution in [1.29, 1.82) is 0 Å². The van der Waals surface area contributed by atoms with Crippen LogP contribution in [0.15, 0.2) is 59.5 Å². The van der Waals surface area contributed by atoms with E-state index < -0.39 is 41.7 Å². The number of carboxylic acids is 1. The molecule has 34 heavy (non-hydrogen) atoms. The summed E-state index contributed by atoms with van der Waals surface area (Å²) in [5.74, 6) is -1.39. The van der Waals surface area contributed by atoms with E-state index in [1.54, 1.807) is 27.7 Å². The predicted octanol–water partition coefficient (Wildman–Crippen LogP) is 3.38. The van der Waals surface area contributed by atoms with Gasteiger partial charge in [-0.25, -0.2) is 0 Å². The quantitative estimate of drug-likeness (QED) is 0.368. The van der Waals surface area contributed by atoms with Gasteiger partial charge in [0.25, 0.3) is 0 Å². The number of aliphatic carboxylic acids is 1. The van der Waals surface area contributed by atoms with Gasteiger partial charge < -0.3 is 9.84 Å². The van der Waals surface area contributed by atoms with Crippen LogP contribution in [-0.2, 0) is 25.5 Å². The number of Topliss-reactive ketones (excluding diaryl/α,β-unsaturated/α-hetero) is 1. The number of ketones is 1. The summed E-state index contributed by atoms with van der Waals surface area (Å²) < 4.78 is 5.54. The third-order valence-electron chi connectivity index (χ3n) is 5.47. The van der Waals surface area contributed by atoms with Crippen LogP contribution in [0.3, 0.4) is 0 Å². The second-order valence-electron chi connectivity index (χ2n) is 9.39. The largest absolute Gasteiger partial charge is 0.480 e. The summed E-state index contributed by atoms with van der Waals surface area (Å²) in [6.07, 6.45) is 0.419. The Morgan fingerprint density at radius 1 is 1.12 bits per heavy atom. The third-order valence-corrected chi connectivity index (χ3v) is 6.58. The first-order chi connectivity index (χ1) is 16.0. The summed E-state index contributed by atoms with van der Waals surface area (Å²) in [5.41, 5.74) is 1.05. The zero-order valence-corrected chi connectivity index (χ0v) is 20.7. The minimum Gasteiger partial charge on any atom is -0.480 e. The molecule has 8 heteroatoms. The number of nitrogens with one attached hydrogen (secondary N) is 2. The van der Waals surface area contributed by atoms with Crippen molar-refractivity contribution >= 4 is 29.5 Å². The fraction of sp³-hybridized carbons (Fsp3) is 0.423. The lowest BCUT2D eigenvalue weighted by molar-refractivity contribution is -0.158. The van der Waals surface area contributed by atoms with E-state index in [2.05, 4.69) is 10.6 Å². The lowest BCUT2D eigenvalue weighted by Gasteiger charge is -2.34. The van der Waals surface area contributed by atoms with Crippen LogP contribution in [0.25, 0.3) is 0 Å². The van der Waals surface area contributed by atoms with Crippen LogP contribution in [0.4, 0.5) is 0 Å². The molecule has 7 nitrogen and oxygen atoms in total. The minimum absolute atomic E-state index is 0.225. The zero-order valence-electron chi connectivity index (χ0n) is 19.9. The fourth-order valence-electron chi connectivity index (χ4n) is 3.85. The predicted molar refractivity (Wildman–Crippen MR) is 132 cm³/mol. The average molecular weight is 485 g/mol. The van der Waals surface area contributed by atoms with Gasteiger partial charge in [-0.15, -0.1) is 11.8 Å². The van der Waals surface area contributed by atoms with Crippen LogP contribution in [0, 0.1) is 0 Å². The summed E-state index contributed by atoms with van der Waals surface area (Å²) in [6.45, 7) is 7.06. The van der Waals surface area contributed by atoms with Crippen LogP contribution in [0.5, 0.6) is 0 Å². The Bertz CT molecular complexity index is 1020. The Kier molecular flexibility index (Phi) is 8.52. The highest BCUT2D eigenvalue weighted by atomic mass is 32.2. The number of carbonyl (C=O) groups excluding carboxylic acids is 2. The Labute approximate surface area is 204 Å². The van der Waals surface area contributed by atoms with E-state index >= 15 is 0 Å². The number of hydrogen-bond acceptors (Lipinski definition) is 7. The number of thioether (sulfide) groups is 1. The highest BCUT2D eigenvalue weighted by Crippen LogP contribution is 2.28. The summed E-state index contributed by atoms with van der Waals surface area (Å²) >= 11 is 1.41. The molecule has 0 aromatic heterocycles.